The maximum Gasteiger partial charge on any atom is 0.216 e. The molecule has 1 rings (SSSR count). The van der Waals surface area contributed by atoms with Crippen molar-refractivity contribution < 1.29 is 9.59 Å². The zero-order chi connectivity index (χ0) is 10.7. The number of carbonyl (C=O) groups excluding carboxylic acids is 2. The highest BCUT2D eigenvalue weighted by molar-refractivity contribution is 9.11. The van der Waals surface area contributed by atoms with Gasteiger partial charge in [-0.1, -0.05) is 50.1 Å². The number of hydrogen-bond acceptors (Lipinski definition) is 2. The summed E-state index contributed by atoms with van der Waals surface area (Å²) in [5.74, 6) is -0.875. The van der Waals surface area contributed by atoms with Crippen molar-refractivity contribution in [2.24, 2.45) is 0 Å². The highest BCUT2D eigenvalue weighted by Gasteiger charge is 2.22. The summed E-state index contributed by atoms with van der Waals surface area (Å²) in [6, 6.07) is 7.30. The number of Topliss-reactive ketones (excluding diaryl/α,β-unsaturated/α-hetero) is 2. The summed E-state index contributed by atoms with van der Waals surface area (Å²) in [7, 11) is 0. The van der Waals surface area contributed by atoms with Crippen LogP contribution in [0, 0.1) is 0 Å². The van der Waals surface area contributed by atoms with Crippen molar-refractivity contribution in [3.63, 3.8) is 0 Å². The average Bonchev–Trinajstić information content (AvgIpc) is 2.16. The molecule has 0 aliphatic rings. The van der Waals surface area contributed by atoms with Crippen LogP contribution in [-0.2, 0) is 9.59 Å². The van der Waals surface area contributed by atoms with Gasteiger partial charge in [0.05, 0.1) is 0 Å². The lowest BCUT2D eigenvalue weighted by atomic mass is 10.1. The van der Waals surface area contributed by atoms with Crippen LogP contribution in [0.5, 0.6) is 0 Å². The molecule has 74 valence electrons. The summed E-state index contributed by atoms with van der Waals surface area (Å²) in [6.07, 6.45) is 0. The average molecular weight is 320 g/mol. The summed E-state index contributed by atoms with van der Waals surface area (Å²) in [4.78, 5) is 21.7. The van der Waals surface area contributed by atoms with E-state index < -0.39 is 16.4 Å². The van der Waals surface area contributed by atoms with E-state index in [1.165, 1.54) is 6.92 Å². The molecule has 4 heteroatoms. The van der Waals surface area contributed by atoms with Crippen molar-refractivity contribution in [3.05, 3.63) is 34.3 Å². The van der Waals surface area contributed by atoms with Crippen LogP contribution in [0.15, 0.2) is 28.7 Å². The van der Waals surface area contributed by atoms with Gasteiger partial charge in [0.1, 0.15) is 4.83 Å². The molecule has 1 aromatic rings. The third-order valence-electron chi connectivity index (χ3n) is 1.76. The van der Waals surface area contributed by atoms with Gasteiger partial charge in [0.25, 0.3) is 0 Å². The van der Waals surface area contributed by atoms with Crippen molar-refractivity contribution in [3.8, 4) is 0 Å². The number of carbonyl (C=O) groups is 2. The number of hydrogen-bond donors (Lipinski definition) is 0. The molecule has 0 bridgehead atoms. The van der Waals surface area contributed by atoms with Crippen LogP contribution in [0.25, 0.3) is 0 Å². The van der Waals surface area contributed by atoms with Crippen LogP contribution in [-0.4, -0.2) is 11.6 Å². The molecule has 0 fully saturated rings. The summed E-state index contributed by atoms with van der Waals surface area (Å²) < 4.78 is 0.816. The number of ketones is 2. The summed E-state index contributed by atoms with van der Waals surface area (Å²) in [5, 5.41) is 0. The van der Waals surface area contributed by atoms with Gasteiger partial charge in [-0.05, 0) is 11.6 Å². The Balaban J connectivity index is 3.01. The molecule has 0 aliphatic heterocycles. The highest BCUT2D eigenvalue weighted by atomic mass is 79.9. The van der Waals surface area contributed by atoms with E-state index in [0.29, 0.717) is 0 Å². The molecule has 0 saturated carbocycles. The number of rotatable bonds is 3. The van der Waals surface area contributed by atoms with Crippen LogP contribution in [0.2, 0.25) is 0 Å². The summed E-state index contributed by atoms with van der Waals surface area (Å²) in [5.41, 5.74) is 0.771. The van der Waals surface area contributed by atoms with E-state index >= 15 is 0 Å². The Morgan fingerprint density at radius 2 is 1.86 bits per heavy atom. The topological polar surface area (TPSA) is 34.1 Å². The molecule has 0 aliphatic carbocycles. The van der Waals surface area contributed by atoms with Crippen LogP contribution in [0.1, 0.15) is 17.3 Å². The molecule has 0 amide bonds. The van der Waals surface area contributed by atoms with Crippen LogP contribution < -0.4 is 0 Å². The van der Waals surface area contributed by atoms with E-state index in [2.05, 4.69) is 31.9 Å². The lowest BCUT2D eigenvalue weighted by molar-refractivity contribution is -0.135. The molecule has 0 N–H and O–H groups in total. The number of alkyl halides is 1. The van der Waals surface area contributed by atoms with Crippen molar-refractivity contribution in [2.75, 3.05) is 0 Å². The molecular weight excluding hydrogens is 312 g/mol. The van der Waals surface area contributed by atoms with Gasteiger partial charge in [-0.15, -0.1) is 0 Å². The lowest BCUT2D eigenvalue weighted by Gasteiger charge is -2.08. The smallest absolute Gasteiger partial charge is 0.216 e. The molecule has 14 heavy (non-hydrogen) atoms. The highest BCUT2D eigenvalue weighted by Crippen LogP contribution is 2.30. The van der Waals surface area contributed by atoms with Gasteiger partial charge < -0.3 is 0 Å². The lowest BCUT2D eigenvalue weighted by Crippen LogP contribution is -2.15. The predicted octanol–water partition coefficient (Wildman–Crippen LogP) is 3.04. The third kappa shape index (κ3) is 2.51. The van der Waals surface area contributed by atoms with E-state index in [0.717, 1.165) is 10.0 Å². The first-order chi connectivity index (χ1) is 6.54. The van der Waals surface area contributed by atoms with Gasteiger partial charge in [-0.2, -0.15) is 0 Å². The second-order valence-corrected chi connectivity index (χ2v) is 4.57. The fourth-order valence-corrected chi connectivity index (χ4v) is 2.54. The second-order valence-electron chi connectivity index (χ2n) is 2.80. The van der Waals surface area contributed by atoms with E-state index in [9.17, 15) is 9.59 Å². The minimum Gasteiger partial charge on any atom is -0.291 e. The first-order valence-corrected chi connectivity index (χ1v) is 5.68. The van der Waals surface area contributed by atoms with E-state index in [-0.39, 0.29) is 0 Å². The molecule has 1 unspecified atom stereocenters. The van der Waals surface area contributed by atoms with Crippen molar-refractivity contribution in [1.29, 1.82) is 0 Å². The molecule has 0 radical (unpaired) electrons. The van der Waals surface area contributed by atoms with E-state index in [1.807, 2.05) is 18.2 Å². The summed E-state index contributed by atoms with van der Waals surface area (Å²) >= 11 is 6.52. The van der Waals surface area contributed by atoms with Crippen LogP contribution in [0.4, 0.5) is 0 Å². The van der Waals surface area contributed by atoms with Gasteiger partial charge in [0, 0.05) is 11.4 Å². The van der Waals surface area contributed by atoms with Gasteiger partial charge in [0.2, 0.25) is 5.78 Å². The molecular formula is C10H8Br2O2. The largest absolute Gasteiger partial charge is 0.291 e. The fourth-order valence-electron chi connectivity index (χ4n) is 1.00. The monoisotopic (exact) mass is 318 g/mol. The predicted molar refractivity (Wildman–Crippen MR) is 61.5 cm³/mol. The molecule has 2 nitrogen and oxygen atoms in total. The van der Waals surface area contributed by atoms with Crippen molar-refractivity contribution in [1.82, 2.24) is 0 Å². The van der Waals surface area contributed by atoms with E-state index in [4.69, 9.17) is 0 Å². The molecule has 1 atom stereocenters. The minimum atomic E-state index is -0.560. The Morgan fingerprint density at radius 1 is 1.29 bits per heavy atom. The quantitative estimate of drug-likeness (QED) is 0.634. The maximum atomic E-state index is 11.4. The standard InChI is InChI=1S/C10H8Br2O2/c1-6(13)10(14)9(12)7-4-2-3-5-8(7)11/h2-5,9H,1H3. The van der Waals surface area contributed by atoms with Crippen LogP contribution in [0.3, 0.4) is 0 Å². The zero-order valence-corrected chi connectivity index (χ0v) is 10.6. The van der Waals surface area contributed by atoms with Crippen molar-refractivity contribution >= 4 is 43.4 Å². The van der Waals surface area contributed by atoms with Gasteiger partial charge in [0.15, 0.2) is 5.78 Å². The number of halogens is 2. The summed E-state index contributed by atoms with van der Waals surface area (Å²) in [6.45, 7) is 1.27. The Labute approximate surface area is 98.9 Å². The van der Waals surface area contributed by atoms with Gasteiger partial charge in [-0.3, -0.25) is 9.59 Å². The normalized spacial score (nSPS) is 12.2. The van der Waals surface area contributed by atoms with Gasteiger partial charge in [-0.25, -0.2) is 0 Å². The Kier molecular flexibility index (Phi) is 4.01. The third-order valence-corrected chi connectivity index (χ3v) is 3.39. The SMILES string of the molecule is CC(=O)C(=O)C(Br)c1ccccc1Br. The Morgan fingerprint density at radius 3 is 2.36 bits per heavy atom. The van der Waals surface area contributed by atoms with Crippen molar-refractivity contribution in [2.45, 2.75) is 11.8 Å². The Bertz CT molecular complexity index is 374. The maximum absolute atomic E-state index is 11.4. The number of benzene rings is 1. The zero-order valence-electron chi connectivity index (χ0n) is 7.46. The first-order valence-electron chi connectivity index (χ1n) is 3.97. The van der Waals surface area contributed by atoms with Gasteiger partial charge >= 0.3 is 0 Å². The fraction of sp³-hybridized carbons (Fsp3) is 0.200. The van der Waals surface area contributed by atoms with E-state index in [1.54, 1.807) is 6.07 Å². The first kappa shape index (κ1) is 11.6. The van der Waals surface area contributed by atoms with Crippen LogP contribution >= 0.6 is 31.9 Å². The molecule has 0 heterocycles. The molecule has 0 aromatic heterocycles. The Hall–Kier alpha value is -0.480. The molecule has 0 spiro atoms. The second kappa shape index (κ2) is 4.84. The molecule has 1 aromatic carbocycles. The molecule has 0 saturated heterocycles. The minimum absolute atomic E-state index is 0.433.